The van der Waals surface area contributed by atoms with E-state index in [9.17, 15) is 8.78 Å². The molecule has 0 atom stereocenters. The predicted molar refractivity (Wildman–Crippen MR) is 39.6 cm³/mol. The lowest BCUT2D eigenvalue weighted by Gasteiger charge is -1.95. The molecule has 0 fully saturated rings. The maximum absolute atomic E-state index is 12.8. The monoisotopic (exact) mass is 155 g/mol. The van der Waals surface area contributed by atoms with Crippen LogP contribution in [0.25, 0.3) is 0 Å². The molecule has 11 heavy (non-hydrogen) atoms. The van der Waals surface area contributed by atoms with E-state index < -0.39 is 11.7 Å². The first-order valence-corrected chi connectivity index (χ1v) is 3.29. The van der Waals surface area contributed by atoms with Crippen LogP contribution in [0.3, 0.4) is 0 Å². The van der Waals surface area contributed by atoms with E-state index in [1.165, 1.54) is 12.3 Å². The summed E-state index contributed by atoms with van der Waals surface area (Å²) in [6, 6.07) is 0. The SMILES string of the molecule is CCC1=C(F)C(F)=C=CC=N1. The fraction of sp³-hybridized carbons (Fsp3) is 0.250. The Morgan fingerprint density at radius 1 is 1.55 bits per heavy atom. The maximum Gasteiger partial charge on any atom is 0.203 e. The van der Waals surface area contributed by atoms with Gasteiger partial charge in [0, 0.05) is 12.3 Å². The third-order valence-electron chi connectivity index (χ3n) is 1.30. The molecule has 0 bridgehead atoms. The van der Waals surface area contributed by atoms with Crippen LogP contribution in [0.2, 0.25) is 0 Å². The Bertz CT molecular complexity index is 280. The first-order valence-electron chi connectivity index (χ1n) is 3.29. The second-order valence-electron chi connectivity index (χ2n) is 2.02. The number of aliphatic imine (C=N–C) groups is 1. The van der Waals surface area contributed by atoms with Crippen molar-refractivity contribution in [1.82, 2.24) is 0 Å². The van der Waals surface area contributed by atoms with E-state index in [0.717, 1.165) is 0 Å². The topological polar surface area (TPSA) is 12.4 Å². The summed E-state index contributed by atoms with van der Waals surface area (Å²) in [6.07, 6.45) is 2.95. The lowest BCUT2D eigenvalue weighted by atomic mass is 10.3. The second kappa shape index (κ2) is 3.26. The molecule has 1 nitrogen and oxygen atoms in total. The molecule has 1 rings (SSSR count). The molecule has 0 radical (unpaired) electrons. The summed E-state index contributed by atoms with van der Waals surface area (Å²) in [5, 5.41) is 0. The average Bonchev–Trinajstić information content (AvgIpc) is 2.16. The van der Waals surface area contributed by atoms with Crippen LogP contribution < -0.4 is 0 Å². The Kier molecular flexibility index (Phi) is 2.34. The normalized spacial score (nSPS) is 16.8. The van der Waals surface area contributed by atoms with E-state index in [-0.39, 0.29) is 5.70 Å². The van der Waals surface area contributed by atoms with Crippen LogP contribution in [0, 0.1) is 0 Å². The highest BCUT2D eigenvalue weighted by molar-refractivity contribution is 5.73. The van der Waals surface area contributed by atoms with Gasteiger partial charge in [-0.25, -0.2) is 4.39 Å². The zero-order valence-electron chi connectivity index (χ0n) is 6.06. The third-order valence-corrected chi connectivity index (χ3v) is 1.30. The van der Waals surface area contributed by atoms with E-state index in [2.05, 4.69) is 10.7 Å². The first-order chi connectivity index (χ1) is 5.25. The van der Waals surface area contributed by atoms with Crippen LogP contribution in [0.1, 0.15) is 13.3 Å². The minimum absolute atomic E-state index is 0.128. The van der Waals surface area contributed by atoms with E-state index in [0.29, 0.717) is 6.42 Å². The molecule has 0 amide bonds. The van der Waals surface area contributed by atoms with E-state index in [4.69, 9.17) is 0 Å². The summed E-state index contributed by atoms with van der Waals surface area (Å²) >= 11 is 0. The van der Waals surface area contributed by atoms with E-state index in [1.54, 1.807) is 6.92 Å². The molecule has 0 unspecified atom stereocenters. The van der Waals surface area contributed by atoms with Crippen LogP contribution in [0.4, 0.5) is 8.78 Å². The fourth-order valence-corrected chi connectivity index (χ4v) is 0.731. The first kappa shape index (κ1) is 7.89. The van der Waals surface area contributed by atoms with Gasteiger partial charge in [-0.3, -0.25) is 4.99 Å². The molecule has 1 aliphatic rings. The number of halogens is 2. The Balaban J connectivity index is 3.13. The van der Waals surface area contributed by atoms with Gasteiger partial charge in [0.15, 0.2) is 5.83 Å². The van der Waals surface area contributed by atoms with E-state index in [1.807, 2.05) is 0 Å². The number of rotatable bonds is 1. The number of nitrogens with zero attached hydrogens (tertiary/aromatic N) is 1. The summed E-state index contributed by atoms with van der Waals surface area (Å²) < 4.78 is 25.3. The molecule has 0 spiro atoms. The minimum atomic E-state index is -0.973. The Hall–Kier alpha value is -1.21. The maximum atomic E-state index is 12.8. The number of allylic oxidation sites excluding steroid dienone is 3. The van der Waals surface area contributed by atoms with Gasteiger partial charge in [-0.05, 0) is 6.42 Å². The number of hydrogen-bond acceptors (Lipinski definition) is 1. The molecule has 0 saturated heterocycles. The molecule has 0 aromatic rings. The zero-order chi connectivity index (χ0) is 8.27. The standard InChI is InChI=1S/C8H7F2N/c1-2-7-8(10)6(9)4-3-5-11-7/h3,5H,2H2,1H3. The Morgan fingerprint density at radius 2 is 2.27 bits per heavy atom. The molecule has 1 aliphatic heterocycles. The lowest BCUT2D eigenvalue weighted by molar-refractivity contribution is 0.535. The van der Waals surface area contributed by atoms with Gasteiger partial charge in [0.05, 0.1) is 5.70 Å². The van der Waals surface area contributed by atoms with Crippen molar-refractivity contribution in [2.75, 3.05) is 0 Å². The van der Waals surface area contributed by atoms with Crippen LogP contribution in [0.15, 0.2) is 34.2 Å². The van der Waals surface area contributed by atoms with Crippen molar-refractivity contribution in [3.63, 3.8) is 0 Å². The fourth-order valence-electron chi connectivity index (χ4n) is 0.731. The van der Waals surface area contributed by atoms with Crippen molar-refractivity contribution >= 4 is 6.21 Å². The van der Waals surface area contributed by atoms with Gasteiger partial charge < -0.3 is 0 Å². The van der Waals surface area contributed by atoms with Gasteiger partial charge in [-0.15, -0.1) is 0 Å². The summed E-state index contributed by atoms with van der Waals surface area (Å²) in [4.78, 5) is 3.67. The summed E-state index contributed by atoms with van der Waals surface area (Å²) in [7, 11) is 0. The van der Waals surface area contributed by atoms with Crippen LogP contribution in [-0.2, 0) is 0 Å². The van der Waals surface area contributed by atoms with Crippen molar-refractivity contribution in [3.05, 3.63) is 29.2 Å². The second-order valence-corrected chi connectivity index (χ2v) is 2.02. The van der Waals surface area contributed by atoms with Crippen molar-refractivity contribution in [3.8, 4) is 0 Å². The Labute approximate surface area is 63.4 Å². The third kappa shape index (κ3) is 1.63. The minimum Gasteiger partial charge on any atom is -0.257 e. The van der Waals surface area contributed by atoms with Crippen molar-refractivity contribution < 1.29 is 8.78 Å². The highest BCUT2D eigenvalue weighted by Crippen LogP contribution is 2.20. The quantitative estimate of drug-likeness (QED) is 0.516. The molecule has 0 aliphatic carbocycles. The summed E-state index contributed by atoms with van der Waals surface area (Å²) in [6.45, 7) is 1.71. The summed E-state index contributed by atoms with van der Waals surface area (Å²) in [5.41, 5.74) is 2.23. The molecule has 0 saturated carbocycles. The number of hydrogen-bond donors (Lipinski definition) is 0. The molecule has 0 aromatic carbocycles. The lowest BCUT2D eigenvalue weighted by Crippen LogP contribution is -1.82. The van der Waals surface area contributed by atoms with Gasteiger partial charge >= 0.3 is 0 Å². The molecule has 3 heteroatoms. The molecule has 58 valence electrons. The van der Waals surface area contributed by atoms with Crippen LogP contribution >= 0.6 is 0 Å². The van der Waals surface area contributed by atoms with Gasteiger partial charge in [0.2, 0.25) is 5.83 Å². The Morgan fingerprint density at radius 3 is 2.91 bits per heavy atom. The van der Waals surface area contributed by atoms with Gasteiger partial charge in [-0.2, -0.15) is 4.39 Å². The van der Waals surface area contributed by atoms with Crippen molar-refractivity contribution in [1.29, 1.82) is 0 Å². The van der Waals surface area contributed by atoms with Gasteiger partial charge in [-0.1, -0.05) is 12.7 Å². The largest absolute Gasteiger partial charge is 0.257 e. The highest BCUT2D eigenvalue weighted by atomic mass is 19.2. The molecule has 1 heterocycles. The van der Waals surface area contributed by atoms with Gasteiger partial charge in [0.1, 0.15) is 0 Å². The summed E-state index contributed by atoms with van der Waals surface area (Å²) in [5.74, 6) is -1.88. The predicted octanol–water partition coefficient (Wildman–Crippen LogP) is 2.67. The average molecular weight is 155 g/mol. The van der Waals surface area contributed by atoms with Crippen molar-refractivity contribution in [2.45, 2.75) is 13.3 Å². The molecule has 0 aromatic heterocycles. The molecular formula is C8H7F2N. The van der Waals surface area contributed by atoms with Crippen LogP contribution in [-0.4, -0.2) is 6.21 Å². The van der Waals surface area contributed by atoms with Crippen LogP contribution in [0.5, 0.6) is 0 Å². The smallest absolute Gasteiger partial charge is 0.203 e. The molecular weight excluding hydrogens is 148 g/mol. The van der Waals surface area contributed by atoms with Crippen molar-refractivity contribution in [2.24, 2.45) is 4.99 Å². The molecule has 0 N–H and O–H groups in total. The zero-order valence-corrected chi connectivity index (χ0v) is 6.06. The van der Waals surface area contributed by atoms with Gasteiger partial charge in [0.25, 0.3) is 0 Å². The highest BCUT2D eigenvalue weighted by Gasteiger charge is 2.09. The van der Waals surface area contributed by atoms with E-state index >= 15 is 0 Å².